The van der Waals surface area contributed by atoms with Crippen LogP contribution in [0.1, 0.15) is 24.0 Å². The van der Waals surface area contributed by atoms with E-state index in [-0.39, 0.29) is 0 Å². The van der Waals surface area contributed by atoms with Crippen LogP contribution in [0, 0.1) is 0 Å². The van der Waals surface area contributed by atoms with Crippen LogP contribution < -0.4 is 10.6 Å². The van der Waals surface area contributed by atoms with Crippen LogP contribution in [-0.2, 0) is 13.1 Å². The number of hydrogen-bond donors (Lipinski definition) is 2. The van der Waals surface area contributed by atoms with Gasteiger partial charge in [0.2, 0.25) is 0 Å². The first-order valence-corrected chi connectivity index (χ1v) is 7.36. The summed E-state index contributed by atoms with van der Waals surface area (Å²) >= 11 is 0. The van der Waals surface area contributed by atoms with E-state index in [2.05, 4.69) is 45.0 Å². The Hall–Kier alpha value is -2.30. The standard InChI is InChI=1S/C16H21N5/c1-17-16(20-15-7-8-15)18-11-13-5-2-3-6-14(13)12-21-10-4-9-19-21/h2-6,9-10,15H,7-8,11-12H2,1H3,(H2,17,18,20). The normalized spacial score (nSPS) is 15.0. The van der Waals surface area contributed by atoms with Gasteiger partial charge in [-0.25, -0.2) is 0 Å². The molecule has 0 saturated heterocycles. The van der Waals surface area contributed by atoms with E-state index >= 15 is 0 Å². The summed E-state index contributed by atoms with van der Waals surface area (Å²) in [6, 6.07) is 11.0. The lowest BCUT2D eigenvalue weighted by molar-refractivity contribution is 0.677. The first kappa shape index (κ1) is 13.7. The summed E-state index contributed by atoms with van der Waals surface area (Å²) in [7, 11) is 1.81. The lowest BCUT2D eigenvalue weighted by atomic mass is 10.1. The van der Waals surface area contributed by atoms with Crippen molar-refractivity contribution >= 4 is 5.96 Å². The van der Waals surface area contributed by atoms with E-state index in [0.29, 0.717) is 6.04 Å². The fourth-order valence-corrected chi connectivity index (χ4v) is 2.25. The smallest absolute Gasteiger partial charge is 0.191 e. The Labute approximate surface area is 125 Å². The maximum absolute atomic E-state index is 4.27. The Morgan fingerprint density at radius 1 is 1.29 bits per heavy atom. The second-order valence-electron chi connectivity index (χ2n) is 5.32. The van der Waals surface area contributed by atoms with Crippen molar-refractivity contribution in [2.24, 2.45) is 4.99 Å². The third-order valence-corrected chi connectivity index (χ3v) is 3.60. The molecule has 0 bridgehead atoms. The van der Waals surface area contributed by atoms with Gasteiger partial charge in [0.05, 0.1) is 6.54 Å². The van der Waals surface area contributed by atoms with Gasteiger partial charge in [0.25, 0.3) is 0 Å². The SMILES string of the molecule is CN=C(NCc1ccccc1Cn1cccn1)NC1CC1. The van der Waals surface area contributed by atoms with Gasteiger partial charge in [0, 0.05) is 32.0 Å². The molecule has 0 amide bonds. The molecule has 0 aliphatic heterocycles. The van der Waals surface area contributed by atoms with E-state index in [1.165, 1.54) is 24.0 Å². The zero-order valence-electron chi connectivity index (χ0n) is 12.3. The minimum absolute atomic E-state index is 0.607. The molecule has 1 aromatic carbocycles. The van der Waals surface area contributed by atoms with Crippen LogP contribution in [0.25, 0.3) is 0 Å². The number of nitrogens with zero attached hydrogens (tertiary/aromatic N) is 3. The van der Waals surface area contributed by atoms with Crippen molar-refractivity contribution in [1.29, 1.82) is 0 Å². The van der Waals surface area contributed by atoms with Crippen molar-refractivity contribution in [3.63, 3.8) is 0 Å². The molecule has 1 heterocycles. The Bertz CT molecular complexity index is 599. The molecule has 0 unspecified atom stereocenters. The van der Waals surface area contributed by atoms with Gasteiger partial charge < -0.3 is 10.6 Å². The van der Waals surface area contributed by atoms with Gasteiger partial charge >= 0.3 is 0 Å². The average molecular weight is 283 g/mol. The number of guanidine groups is 1. The maximum atomic E-state index is 4.27. The molecule has 3 rings (SSSR count). The summed E-state index contributed by atoms with van der Waals surface area (Å²) in [6.45, 7) is 1.56. The molecule has 21 heavy (non-hydrogen) atoms. The zero-order chi connectivity index (χ0) is 14.5. The number of aromatic nitrogens is 2. The minimum Gasteiger partial charge on any atom is -0.354 e. The first-order chi connectivity index (χ1) is 10.3. The van der Waals surface area contributed by atoms with Crippen LogP contribution in [-0.4, -0.2) is 28.8 Å². The summed E-state index contributed by atoms with van der Waals surface area (Å²) < 4.78 is 1.94. The van der Waals surface area contributed by atoms with Crippen molar-refractivity contribution in [2.75, 3.05) is 7.05 Å². The zero-order valence-corrected chi connectivity index (χ0v) is 12.3. The molecule has 1 aliphatic carbocycles. The van der Waals surface area contributed by atoms with Gasteiger partial charge in [-0.3, -0.25) is 9.67 Å². The third kappa shape index (κ3) is 3.84. The third-order valence-electron chi connectivity index (χ3n) is 3.60. The molecule has 0 radical (unpaired) electrons. The largest absolute Gasteiger partial charge is 0.354 e. The summed E-state index contributed by atoms with van der Waals surface area (Å²) in [4.78, 5) is 4.27. The highest BCUT2D eigenvalue weighted by Crippen LogP contribution is 2.18. The van der Waals surface area contributed by atoms with Gasteiger partial charge in [-0.05, 0) is 30.0 Å². The lowest BCUT2D eigenvalue weighted by Crippen LogP contribution is -2.38. The lowest BCUT2D eigenvalue weighted by Gasteiger charge is -2.14. The second-order valence-corrected chi connectivity index (χ2v) is 5.32. The van der Waals surface area contributed by atoms with Gasteiger partial charge in [0.1, 0.15) is 0 Å². The van der Waals surface area contributed by atoms with Gasteiger partial charge in [-0.1, -0.05) is 24.3 Å². The molecule has 2 N–H and O–H groups in total. The molecule has 1 aromatic heterocycles. The van der Waals surface area contributed by atoms with Crippen LogP contribution in [0.5, 0.6) is 0 Å². The molecule has 1 aliphatic rings. The number of benzene rings is 1. The predicted octanol–water partition coefficient (Wildman–Crippen LogP) is 1.76. The second kappa shape index (κ2) is 6.43. The fraction of sp³-hybridized carbons (Fsp3) is 0.375. The summed E-state index contributed by atoms with van der Waals surface area (Å²) in [5.74, 6) is 0.881. The first-order valence-electron chi connectivity index (χ1n) is 7.36. The van der Waals surface area contributed by atoms with E-state index in [9.17, 15) is 0 Å². The number of aliphatic imine (C=N–C) groups is 1. The van der Waals surface area contributed by atoms with E-state index in [1.807, 2.05) is 30.2 Å². The molecule has 0 atom stereocenters. The Balaban J connectivity index is 1.64. The molecule has 2 aromatic rings. The molecule has 0 spiro atoms. The monoisotopic (exact) mass is 283 g/mol. The quantitative estimate of drug-likeness (QED) is 0.649. The number of nitrogens with one attached hydrogen (secondary N) is 2. The Morgan fingerprint density at radius 2 is 2.10 bits per heavy atom. The van der Waals surface area contributed by atoms with Crippen LogP contribution in [0.3, 0.4) is 0 Å². The molecule has 5 heteroatoms. The van der Waals surface area contributed by atoms with Crippen molar-refractivity contribution in [2.45, 2.75) is 32.0 Å². The highest BCUT2D eigenvalue weighted by molar-refractivity contribution is 5.80. The van der Waals surface area contributed by atoms with E-state index in [0.717, 1.165) is 19.0 Å². The van der Waals surface area contributed by atoms with Crippen molar-refractivity contribution in [1.82, 2.24) is 20.4 Å². The highest BCUT2D eigenvalue weighted by Gasteiger charge is 2.22. The average Bonchev–Trinajstić information content (AvgIpc) is 3.19. The molecular formula is C16H21N5. The van der Waals surface area contributed by atoms with Crippen molar-refractivity contribution in [3.05, 3.63) is 53.9 Å². The van der Waals surface area contributed by atoms with E-state index in [1.54, 1.807) is 0 Å². The topological polar surface area (TPSA) is 54.2 Å². The molecular weight excluding hydrogens is 262 g/mol. The maximum Gasteiger partial charge on any atom is 0.191 e. The van der Waals surface area contributed by atoms with Crippen LogP contribution in [0.2, 0.25) is 0 Å². The summed E-state index contributed by atoms with van der Waals surface area (Å²) in [5, 5.41) is 11.1. The number of rotatable bonds is 5. The van der Waals surface area contributed by atoms with Crippen molar-refractivity contribution < 1.29 is 0 Å². The summed E-state index contributed by atoms with van der Waals surface area (Å²) in [6.07, 6.45) is 6.28. The molecule has 5 nitrogen and oxygen atoms in total. The van der Waals surface area contributed by atoms with Crippen LogP contribution in [0.4, 0.5) is 0 Å². The summed E-state index contributed by atoms with van der Waals surface area (Å²) in [5.41, 5.74) is 2.54. The van der Waals surface area contributed by atoms with E-state index < -0.39 is 0 Å². The molecule has 1 fully saturated rings. The van der Waals surface area contributed by atoms with Crippen LogP contribution in [0.15, 0.2) is 47.7 Å². The van der Waals surface area contributed by atoms with Gasteiger partial charge in [-0.15, -0.1) is 0 Å². The minimum atomic E-state index is 0.607. The van der Waals surface area contributed by atoms with Crippen LogP contribution >= 0.6 is 0 Å². The van der Waals surface area contributed by atoms with Gasteiger partial charge in [-0.2, -0.15) is 5.10 Å². The predicted molar refractivity (Wildman–Crippen MR) is 84.1 cm³/mol. The fourth-order valence-electron chi connectivity index (χ4n) is 2.25. The Morgan fingerprint density at radius 3 is 2.76 bits per heavy atom. The molecule has 110 valence electrons. The van der Waals surface area contributed by atoms with Crippen molar-refractivity contribution in [3.8, 4) is 0 Å². The number of hydrogen-bond acceptors (Lipinski definition) is 2. The molecule has 1 saturated carbocycles. The van der Waals surface area contributed by atoms with Gasteiger partial charge in [0.15, 0.2) is 5.96 Å². The highest BCUT2D eigenvalue weighted by atomic mass is 15.3. The van der Waals surface area contributed by atoms with E-state index in [4.69, 9.17) is 0 Å². The Kier molecular flexibility index (Phi) is 4.19.